The van der Waals surface area contributed by atoms with Gasteiger partial charge in [-0.2, -0.15) is 5.26 Å². The molecule has 1 atom stereocenters. The van der Waals surface area contributed by atoms with E-state index in [9.17, 15) is 4.39 Å². The number of nitrogens with one attached hydrogen (secondary N) is 1. The first-order valence-electron chi connectivity index (χ1n) is 6.38. The van der Waals surface area contributed by atoms with Crippen molar-refractivity contribution in [3.8, 4) is 6.07 Å². The van der Waals surface area contributed by atoms with Crippen LogP contribution in [0.5, 0.6) is 0 Å². The molecule has 1 aliphatic rings. The highest BCUT2D eigenvalue weighted by Crippen LogP contribution is 2.16. The van der Waals surface area contributed by atoms with E-state index in [1.165, 1.54) is 12.1 Å². The summed E-state index contributed by atoms with van der Waals surface area (Å²) in [6, 6.07) is 7.09. The maximum absolute atomic E-state index is 13.7. The van der Waals surface area contributed by atoms with Gasteiger partial charge in [-0.1, -0.05) is 6.92 Å². The van der Waals surface area contributed by atoms with E-state index in [1.807, 2.05) is 0 Å². The van der Waals surface area contributed by atoms with E-state index in [-0.39, 0.29) is 5.82 Å². The summed E-state index contributed by atoms with van der Waals surface area (Å²) >= 11 is 0. The SMILES string of the molecule is CCN(Cc1cc(C#N)ccc1F)C1CCNC1. The van der Waals surface area contributed by atoms with Crippen molar-refractivity contribution in [1.82, 2.24) is 10.2 Å². The Morgan fingerprint density at radius 1 is 1.56 bits per heavy atom. The quantitative estimate of drug-likeness (QED) is 0.883. The Hall–Kier alpha value is -1.44. The van der Waals surface area contributed by atoms with Gasteiger partial charge in [-0.15, -0.1) is 0 Å². The zero-order valence-corrected chi connectivity index (χ0v) is 10.6. The number of nitrogens with zero attached hydrogens (tertiary/aromatic N) is 2. The first kappa shape index (κ1) is 13.0. The Labute approximate surface area is 107 Å². The third-order valence-corrected chi connectivity index (χ3v) is 3.51. The number of hydrogen-bond acceptors (Lipinski definition) is 3. The molecule has 1 aromatic rings. The summed E-state index contributed by atoms with van der Waals surface area (Å²) in [5.41, 5.74) is 1.13. The number of rotatable bonds is 4. The van der Waals surface area contributed by atoms with E-state index in [1.54, 1.807) is 6.07 Å². The highest BCUT2D eigenvalue weighted by atomic mass is 19.1. The van der Waals surface area contributed by atoms with Crippen molar-refractivity contribution in [3.05, 3.63) is 35.1 Å². The minimum atomic E-state index is -0.224. The summed E-state index contributed by atoms with van der Waals surface area (Å²) in [5.74, 6) is -0.224. The van der Waals surface area contributed by atoms with Gasteiger partial charge in [0.15, 0.2) is 0 Å². The normalized spacial score (nSPS) is 19.1. The first-order valence-corrected chi connectivity index (χ1v) is 6.38. The molecule has 0 radical (unpaired) electrons. The maximum atomic E-state index is 13.7. The fourth-order valence-corrected chi connectivity index (χ4v) is 2.43. The molecule has 0 aliphatic carbocycles. The molecular weight excluding hydrogens is 229 g/mol. The van der Waals surface area contributed by atoms with Gasteiger partial charge in [0.1, 0.15) is 5.82 Å². The van der Waals surface area contributed by atoms with E-state index >= 15 is 0 Å². The molecule has 1 fully saturated rings. The molecule has 96 valence electrons. The summed E-state index contributed by atoms with van der Waals surface area (Å²) in [4.78, 5) is 2.26. The molecule has 0 aromatic heterocycles. The summed E-state index contributed by atoms with van der Waals surface area (Å²) in [6.45, 7) is 5.55. The molecule has 1 N–H and O–H groups in total. The van der Waals surface area contributed by atoms with Crippen LogP contribution in [0.2, 0.25) is 0 Å². The van der Waals surface area contributed by atoms with Gasteiger partial charge >= 0.3 is 0 Å². The molecule has 4 heteroatoms. The van der Waals surface area contributed by atoms with Gasteiger partial charge in [0.25, 0.3) is 0 Å². The molecule has 0 bridgehead atoms. The Balaban J connectivity index is 2.13. The van der Waals surface area contributed by atoms with Crippen LogP contribution >= 0.6 is 0 Å². The third-order valence-electron chi connectivity index (χ3n) is 3.51. The van der Waals surface area contributed by atoms with Gasteiger partial charge in [-0.25, -0.2) is 4.39 Å². The molecule has 0 spiro atoms. The zero-order chi connectivity index (χ0) is 13.0. The topological polar surface area (TPSA) is 39.1 Å². The summed E-state index contributed by atoms with van der Waals surface area (Å²) < 4.78 is 13.7. The lowest BCUT2D eigenvalue weighted by Crippen LogP contribution is -2.36. The Kier molecular flexibility index (Phi) is 4.29. The predicted octanol–water partition coefficient (Wildman–Crippen LogP) is 1.88. The molecule has 1 heterocycles. The standard InChI is InChI=1S/C14H18FN3/c1-2-18(13-5-6-17-9-13)10-12-7-11(8-16)3-4-14(12)15/h3-4,7,13,17H,2,5-6,9-10H2,1H3. The number of halogens is 1. The summed E-state index contributed by atoms with van der Waals surface area (Å²) in [7, 11) is 0. The third kappa shape index (κ3) is 2.87. The average molecular weight is 247 g/mol. The number of hydrogen-bond donors (Lipinski definition) is 1. The number of likely N-dealkylation sites (N-methyl/N-ethyl adjacent to an activating group) is 1. The zero-order valence-electron chi connectivity index (χ0n) is 10.6. The van der Waals surface area contributed by atoms with Crippen molar-refractivity contribution >= 4 is 0 Å². The van der Waals surface area contributed by atoms with Crippen LogP contribution in [0, 0.1) is 17.1 Å². The Morgan fingerprint density at radius 3 is 3.00 bits per heavy atom. The molecule has 1 aromatic carbocycles. The fourth-order valence-electron chi connectivity index (χ4n) is 2.43. The molecule has 0 amide bonds. The highest BCUT2D eigenvalue weighted by Gasteiger charge is 2.21. The molecule has 2 rings (SSSR count). The van der Waals surface area contributed by atoms with Crippen molar-refractivity contribution in [1.29, 1.82) is 5.26 Å². The monoisotopic (exact) mass is 247 g/mol. The van der Waals surface area contributed by atoms with E-state index < -0.39 is 0 Å². The highest BCUT2D eigenvalue weighted by molar-refractivity contribution is 5.33. The second kappa shape index (κ2) is 5.94. The number of nitriles is 1. The van der Waals surface area contributed by atoms with Crippen LogP contribution in [0.4, 0.5) is 4.39 Å². The van der Waals surface area contributed by atoms with Crippen molar-refractivity contribution in [3.63, 3.8) is 0 Å². The van der Waals surface area contributed by atoms with Crippen LogP contribution in [0.15, 0.2) is 18.2 Å². The molecule has 18 heavy (non-hydrogen) atoms. The molecule has 1 unspecified atom stereocenters. The van der Waals surface area contributed by atoms with Crippen LogP contribution in [0.1, 0.15) is 24.5 Å². The van der Waals surface area contributed by atoms with Crippen molar-refractivity contribution in [2.45, 2.75) is 25.9 Å². The molecule has 0 saturated carbocycles. The van der Waals surface area contributed by atoms with Crippen LogP contribution in [0.3, 0.4) is 0 Å². The molecule has 3 nitrogen and oxygen atoms in total. The van der Waals surface area contributed by atoms with Gasteiger partial charge in [0, 0.05) is 24.7 Å². The smallest absolute Gasteiger partial charge is 0.127 e. The predicted molar refractivity (Wildman–Crippen MR) is 68.5 cm³/mol. The van der Waals surface area contributed by atoms with Gasteiger partial charge < -0.3 is 5.32 Å². The van der Waals surface area contributed by atoms with Crippen LogP contribution in [-0.4, -0.2) is 30.6 Å². The minimum Gasteiger partial charge on any atom is -0.315 e. The second-order valence-electron chi connectivity index (χ2n) is 4.63. The van der Waals surface area contributed by atoms with Crippen LogP contribution in [0.25, 0.3) is 0 Å². The van der Waals surface area contributed by atoms with Crippen molar-refractivity contribution in [2.75, 3.05) is 19.6 Å². The van der Waals surface area contributed by atoms with Crippen LogP contribution in [-0.2, 0) is 6.54 Å². The summed E-state index contributed by atoms with van der Waals surface area (Å²) in [5, 5.41) is 12.2. The Morgan fingerprint density at radius 2 is 2.39 bits per heavy atom. The second-order valence-corrected chi connectivity index (χ2v) is 4.63. The number of benzene rings is 1. The molecule has 1 saturated heterocycles. The maximum Gasteiger partial charge on any atom is 0.127 e. The fraction of sp³-hybridized carbons (Fsp3) is 0.500. The van der Waals surface area contributed by atoms with Gasteiger partial charge in [-0.05, 0) is 37.7 Å². The van der Waals surface area contributed by atoms with E-state index in [2.05, 4.69) is 23.2 Å². The Bertz CT molecular complexity index is 447. The lowest BCUT2D eigenvalue weighted by molar-refractivity contribution is 0.208. The molecule has 1 aliphatic heterocycles. The lowest BCUT2D eigenvalue weighted by atomic mass is 10.1. The van der Waals surface area contributed by atoms with Gasteiger partial charge in [0.2, 0.25) is 0 Å². The van der Waals surface area contributed by atoms with Crippen molar-refractivity contribution in [2.24, 2.45) is 0 Å². The largest absolute Gasteiger partial charge is 0.315 e. The van der Waals surface area contributed by atoms with E-state index in [0.717, 1.165) is 26.1 Å². The first-order chi connectivity index (χ1) is 8.74. The van der Waals surface area contributed by atoms with Gasteiger partial charge in [-0.3, -0.25) is 4.90 Å². The van der Waals surface area contributed by atoms with E-state index in [4.69, 9.17) is 5.26 Å². The minimum absolute atomic E-state index is 0.224. The van der Waals surface area contributed by atoms with Gasteiger partial charge in [0.05, 0.1) is 11.6 Å². The average Bonchev–Trinajstić information content (AvgIpc) is 2.91. The lowest BCUT2D eigenvalue weighted by Gasteiger charge is -2.27. The van der Waals surface area contributed by atoms with Crippen molar-refractivity contribution < 1.29 is 4.39 Å². The molecular formula is C14H18FN3. The van der Waals surface area contributed by atoms with Crippen LogP contribution < -0.4 is 5.32 Å². The van der Waals surface area contributed by atoms with E-state index in [0.29, 0.717) is 23.7 Å². The summed E-state index contributed by atoms with van der Waals surface area (Å²) in [6.07, 6.45) is 1.10.